The minimum Gasteiger partial charge on any atom is -0.494 e. The molecule has 0 spiro atoms. The third-order valence-electron chi connectivity index (χ3n) is 3.66. The van der Waals surface area contributed by atoms with Crippen molar-refractivity contribution in [3.63, 3.8) is 0 Å². The van der Waals surface area contributed by atoms with Crippen LogP contribution in [0.5, 0.6) is 5.75 Å². The van der Waals surface area contributed by atoms with Crippen molar-refractivity contribution in [3.05, 3.63) is 59.7 Å². The molecule has 24 heavy (non-hydrogen) atoms. The highest BCUT2D eigenvalue weighted by Gasteiger charge is 2.20. The maximum absolute atomic E-state index is 14.0. The Bertz CT molecular complexity index is 693. The van der Waals surface area contributed by atoms with Gasteiger partial charge in [-0.2, -0.15) is 0 Å². The lowest BCUT2D eigenvalue weighted by Crippen LogP contribution is -2.29. The summed E-state index contributed by atoms with van der Waals surface area (Å²) < 4.78 is 32.5. The SMILES string of the molecule is COc1ccc(F)c(C(=O)NCCCN(C)c2ccccc2)c1F. The van der Waals surface area contributed by atoms with Gasteiger partial charge in [0.15, 0.2) is 11.6 Å². The number of rotatable bonds is 7. The fraction of sp³-hybridized carbons (Fsp3) is 0.278. The maximum Gasteiger partial charge on any atom is 0.257 e. The molecule has 2 rings (SSSR count). The van der Waals surface area contributed by atoms with Gasteiger partial charge in [0.2, 0.25) is 0 Å². The zero-order chi connectivity index (χ0) is 17.5. The Hall–Kier alpha value is -2.63. The Morgan fingerprint density at radius 3 is 2.54 bits per heavy atom. The van der Waals surface area contributed by atoms with E-state index >= 15 is 0 Å². The van der Waals surface area contributed by atoms with Gasteiger partial charge in [0.05, 0.1) is 7.11 Å². The highest BCUT2D eigenvalue weighted by molar-refractivity contribution is 5.95. The number of hydrogen-bond donors (Lipinski definition) is 1. The molecule has 1 N–H and O–H groups in total. The monoisotopic (exact) mass is 334 g/mol. The molecule has 0 saturated carbocycles. The van der Waals surface area contributed by atoms with E-state index in [2.05, 4.69) is 5.32 Å². The molecule has 4 nitrogen and oxygen atoms in total. The van der Waals surface area contributed by atoms with Crippen LogP contribution in [0.3, 0.4) is 0 Å². The molecule has 0 fully saturated rings. The normalized spacial score (nSPS) is 10.3. The van der Waals surface area contributed by atoms with E-state index in [-0.39, 0.29) is 5.75 Å². The first-order valence-corrected chi connectivity index (χ1v) is 7.61. The van der Waals surface area contributed by atoms with Crippen molar-refractivity contribution >= 4 is 11.6 Å². The van der Waals surface area contributed by atoms with E-state index in [1.807, 2.05) is 42.3 Å². The molecule has 0 aliphatic rings. The van der Waals surface area contributed by atoms with Crippen LogP contribution < -0.4 is 15.0 Å². The third-order valence-corrected chi connectivity index (χ3v) is 3.66. The van der Waals surface area contributed by atoms with E-state index in [1.54, 1.807) is 0 Å². The maximum atomic E-state index is 14.0. The molecule has 2 aromatic rings. The van der Waals surface area contributed by atoms with Crippen LogP contribution in [0.4, 0.5) is 14.5 Å². The van der Waals surface area contributed by atoms with Gasteiger partial charge in [-0.05, 0) is 30.7 Å². The summed E-state index contributed by atoms with van der Waals surface area (Å²) in [5, 5.41) is 2.54. The number of carbonyl (C=O) groups is 1. The van der Waals surface area contributed by atoms with Crippen LogP contribution in [0.1, 0.15) is 16.8 Å². The first kappa shape index (κ1) is 17.7. The topological polar surface area (TPSA) is 41.6 Å². The fourth-order valence-electron chi connectivity index (χ4n) is 2.32. The molecule has 0 aliphatic heterocycles. The van der Waals surface area contributed by atoms with Crippen molar-refractivity contribution in [2.75, 3.05) is 32.1 Å². The number of nitrogens with one attached hydrogen (secondary N) is 1. The summed E-state index contributed by atoms with van der Waals surface area (Å²) in [6.07, 6.45) is 0.643. The molecule has 0 atom stereocenters. The van der Waals surface area contributed by atoms with Crippen molar-refractivity contribution in [3.8, 4) is 5.75 Å². The molecule has 1 amide bonds. The zero-order valence-electron chi connectivity index (χ0n) is 13.7. The van der Waals surface area contributed by atoms with Crippen LogP contribution in [-0.4, -0.2) is 33.2 Å². The van der Waals surface area contributed by atoms with Gasteiger partial charge in [0.1, 0.15) is 11.4 Å². The van der Waals surface area contributed by atoms with Gasteiger partial charge >= 0.3 is 0 Å². The molecule has 128 valence electrons. The van der Waals surface area contributed by atoms with Crippen LogP contribution in [0.15, 0.2) is 42.5 Å². The molecule has 6 heteroatoms. The quantitative estimate of drug-likeness (QED) is 0.791. The lowest BCUT2D eigenvalue weighted by atomic mass is 10.1. The zero-order valence-corrected chi connectivity index (χ0v) is 13.7. The second-order valence-corrected chi connectivity index (χ2v) is 5.31. The predicted octanol–water partition coefficient (Wildman–Crippen LogP) is 3.23. The number of anilines is 1. The third kappa shape index (κ3) is 4.22. The van der Waals surface area contributed by atoms with E-state index in [1.165, 1.54) is 7.11 Å². The van der Waals surface area contributed by atoms with E-state index in [0.29, 0.717) is 19.5 Å². The lowest BCUT2D eigenvalue weighted by molar-refractivity contribution is 0.0944. The minimum absolute atomic E-state index is 0.162. The highest BCUT2D eigenvalue weighted by Crippen LogP contribution is 2.22. The Morgan fingerprint density at radius 1 is 1.17 bits per heavy atom. The molecule has 0 bridgehead atoms. The van der Waals surface area contributed by atoms with Crippen LogP contribution >= 0.6 is 0 Å². The summed E-state index contributed by atoms with van der Waals surface area (Å²) in [6.45, 7) is 1.01. The van der Waals surface area contributed by atoms with Crippen LogP contribution in [-0.2, 0) is 0 Å². The number of hydrogen-bond acceptors (Lipinski definition) is 3. The Kier molecular flexibility index (Phi) is 6.12. The Balaban J connectivity index is 1.88. The molecule has 0 aromatic heterocycles. The standard InChI is InChI=1S/C18H20F2N2O2/c1-22(13-7-4-3-5-8-13)12-6-11-21-18(23)16-14(19)9-10-15(24-2)17(16)20/h3-5,7-10H,6,11-12H2,1-2H3,(H,21,23). The summed E-state index contributed by atoms with van der Waals surface area (Å²) in [4.78, 5) is 14.0. The van der Waals surface area contributed by atoms with Gasteiger partial charge in [-0.1, -0.05) is 18.2 Å². The van der Waals surface area contributed by atoms with E-state index < -0.39 is 23.1 Å². The van der Waals surface area contributed by atoms with Crippen molar-refractivity contribution in [1.82, 2.24) is 5.32 Å². The van der Waals surface area contributed by atoms with Gasteiger partial charge in [-0.15, -0.1) is 0 Å². The van der Waals surface area contributed by atoms with Gasteiger partial charge in [-0.3, -0.25) is 4.79 Å². The number of benzene rings is 2. The smallest absolute Gasteiger partial charge is 0.257 e. The summed E-state index contributed by atoms with van der Waals surface area (Å²) in [7, 11) is 3.20. The van der Waals surface area contributed by atoms with Gasteiger partial charge in [0, 0.05) is 25.8 Å². The predicted molar refractivity (Wildman–Crippen MR) is 89.6 cm³/mol. The molecule has 0 aliphatic carbocycles. The molecular formula is C18H20F2N2O2. The molecule has 0 heterocycles. The molecule has 2 aromatic carbocycles. The van der Waals surface area contributed by atoms with Crippen molar-refractivity contribution < 1.29 is 18.3 Å². The summed E-state index contributed by atoms with van der Waals surface area (Å²) in [5.41, 5.74) is 0.444. The largest absolute Gasteiger partial charge is 0.494 e. The highest BCUT2D eigenvalue weighted by atomic mass is 19.1. The van der Waals surface area contributed by atoms with Crippen molar-refractivity contribution in [2.45, 2.75) is 6.42 Å². The molecule has 0 unspecified atom stereocenters. The Morgan fingerprint density at radius 2 is 1.88 bits per heavy atom. The second-order valence-electron chi connectivity index (χ2n) is 5.31. The molecule has 0 saturated heterocycles. The van der Waals surface area contributed by atoms with Gasteiger partial charge in [-0.25, -0.2) is 8.78 Å². The number of methoxy groups -OCH3 is 1. The average molecular weight is 334 g/mol. The summed E-state index contributed by atoms with van der Waals surface area (Å²) >= 11 is 0. The van der Waals surface area contributed by atoms with E-state index in [0.717, 1.165) is 17.8 Å². The second kappa shape index (κ2) is 8.29. The number of carbonyl (C=O) groups excluding carboxylic acids is 1. The first-order valence-electron chi connectivity index (χ1n) is 7.61. The summed E-state index contributed by atoms with van der Waals surface area (Å²) in [6, 6.07) is 12.0. The van der Waals surface area contributed by atoms with Crippen molar-refractivity contribution in [2.24, 2.45) is 0 Å². The summed E-state index contributed by atoms with van der Waals surface area (Å²) in [5.74, 6) is -2.85. The van der Waals surface area contributed by atoms with Crippen LogP contribution in [0.25, 0.3) is 0 Å². The number of nitrogens with zero attached hydrogens (tertiary/aromatic N) is 1. The number of amides is 1. The fourth-order valence-corrected chi connectivity index (χ4v) is 2.32. The number of halogens is 2. The Labute approximate surface area is 140 Å². The molecule has 0 radical (unpaired) electrons. The van der Waals surface area contributed by atoms with Gasteiger partial charge in [0.25, 0.3) is 5.91 Å². The van der Waals surface area contributed by atoms with Gasteiger partial charge < -0.3 is 15.0 Å². The molecular weight excluding hydrogens is 314 g/mol. The van der Waals surface area contributed by atoms with E-state index in [9.17, 15) is 13.6 Å². The van der Waals surface area contributed by atoms with Crippen LogP contribution in [0, 0.1) is 11.6 Å². The number of para-hydroxylation sites is 1. The lowest BCUT2D eigenvalue weighted by Gasteiger charge is -2.19. The first-order chi connectivity index (χ1) is 11.5. The minimum atomic E-state index is -0.989. The van der Waals surface area contributed by atoms with E-state index in [4.69, 9.17) is 4.74 Å². The average Bonchev–Trinajstić information content (AvgIpc) is 2.59. The van der Waals surface area contributed by atoms with Crippen molar-refractivity contribution in [1.29, 1.82) is 0 Å². The number of ether oxygens (including phenoxy) is 1. The van der Waals surface area contributed by atoms with Crippen LogP contribution in [0.2, 0.25) is 0 Å².